The SMILES string of the molecule is O=C(C(c1ccc(Cl)cc1)C1CC1)N1CCN(Cc2ccccc2)CC1. The zero-order valence-corrected chi connectivity index (χ0v) is 15.7. The zero-order chi connectivity index (χ0) is 17.9. The molecule has 1 amide bonds. The van der Waals surface area contributed by atoms with E-state index in [-0.39, 0.29) is 5.92 Å². The van der Waals surface area contributed by atoms with E-state index in [1.807, 2.05) is 24.3 Å². The Morgan fingerprint density at radius 3 is 2.23 bits per heavy atom. The minimum absolute atomic E-state index is 0.00735. The summed E-state index contributed by atoms with van der Waals surface area (Å²) in [6.07, 6.45) is 2.32. The molecule has 1 unspecified atom stereocenters. The molecule has 1 saturated carbocycles. The van der Waals surface area contributed by atoms with Crippen LogP contribution < -0.4 is 0 Å². The maximum atomic E-state index is 13.2. The summed E-state index contributed by atoms with van der Waals surface area (Å²) in [5.74, 6) is 0.813. The monoisotopic (exact) mass is 368 g/mol. The molecule has 26 heavy (non-hydrogen) atoms. The second kappa shape index (κ2) is 7.81. The first-order valence-corrected chi connectivity index (χ1v) is 9.89. The first-order chi connectivity index (χ1) is 12.7. The lowest BCUT2D eigenvalue weighted by molar-refractivity contribution is -0.135. The highest BCUT2D eigenvalue weighted by Crippen LogP contribution is 2.44. The van der Waals surface area contributed by atoms with Crippen LogP contribution in [0.5, 0.6) is 0 Å². The number of nitrogens with zero attached hydrogens (tertiary/aromatic N) is 2. The van der Waals surface area contributed by atoms with Crippen LogP contribution in [0.1, 0.15) is 29.9 Å². The van der Waals surface area contributed by atoms with Gasteiger partial charge in [-0.1, -0.05) is 54.1 Å². The molecule has 4 heteroatoms. The highest BCUT2D eigenvalue weighted by Gasteiger charge is 2.39. The fraction of sp³-hybridized carbons (Fsp3) is 0.409. The summed E-state index contributed by atoms with van der Waals surface area (Å²) in [6, 6.07) is 18.4. The fourth-order valence-electron chi connectivity index (χ4n) is 3.88. The summed E-state index contributed by atoms with van der Waals surface area (Å²) in [5.41, 5.74) is 2.46. The molecule has 1 aliphatic heterocycles. The Labute approximate surface area is 160 Å². The molecule has 0 aromatic heterocycles. The van der Waals surface area contributed by atoms with E-state index < -0.39 is 0 Å². The van der Waals surface area contributed by atoms with Gasteiger partial charge >= 0.3 is 0 Å². The second-order valence-corrected chi connectivity index (χ2v) is 7.89. The van der Waals surface area contributed by atoms with Crippen molar-refractivity contribution in [2.24, 2.45) is 5.92 Å². The van der Waals surface area contributed by atoms with Crippen molar-refractivity contribution in [3.63, 3.8) is 0 Å². The highest BCUT2D eigenvalue weighted by atomic mass is 35.5. The normalized spacial score (nSPS) is 19.3. The van der Waals surface area contributed by atoms with Gasteiger partial charge in [-0.3, -0.25) is 9.69 Å². The van der Waals surface area contributed by atoms with E-state index in [9.17, 15) is 4.79 Å². The Morgan fingerprint density at radius 2 is 1.62 bits per heavy atom. The molecule has 2 aromatic rings. The van der Waals surface area contributed by atoms with Gasteiger partial charge in [-0.15, -0.1) is 0 Å². The quantitative estimate of drug-likeness (QED) is 0.790. The van der Waals surface area contributed by atoms with Crippen LogP contribution in [0.4, 0.5) is 0 Å². The van der Waals surface area contributed by atoms with Gasteiger partial charge in [0.2, 0.25) is 5.91 Å². The fourth-order valence-corrected chi connectivity index (χ4v) is 4.01. The van der Waals surface area contributed by atoms with Gasteiger partial charge in [-0.25, -0.2) is 0 Å². The third kappa shape index (κ3) is 4.11. The Balaban J connectivity index is 1.38. The van der Waals surface area contributed by atoms with Crippen LogP contribution >= 0.6 is 11.6 Å². The minimum Gasteiger partial charge on any atom is -0.340 e. The standard InChI is InChI=1S/C22H25ClN2O/c23-20-10-8-19(9-11-20)21(18-6-7-18)22(26)25-14-12-24(13-15-25)16-17-4-2-1-3-5-17/h1-5,8-11,18,21H,6-7,12-16H2. The lowest BCUT2D eigenvalue weighted by Crippen LogP contribution is -2.49. The van der Waals surface area contributed by atoms with Crippen molar-refractivity contribution in [2.75, 3.05) is 26.2 Å². The van der Waals surface area contributed by atoms with E-state index in [0.29, 0.717) is 11.8 Å². The van der Waals surface area contributed by atoms with Crippen molar-refractivity contribution in [3.05, 3.63) is 70.7 Å². The van der Waals surface area contributed by atoms with E-state index in [1.54, 1.807) is 0 Å². The van der Waals surface area contributed by atoms with Crippen LogP contribution in [-0.4, -0.2) is 41.9 Å². The molecular weight excluding hydrogens is 344 g/mol. The second-order valence-electron chi connectivity index (χ2n) is 7.45. The number of amides is 1. The molecule has 0 bridgehead atoms. The largest absolute Gasteiger partial charge is 0.340 e. The van der Waals surface area contributed by atoms with E-state index >= 15 is 0 Å². The number of hydrogen-bond acceptors (Lipinski definition) is 2. The van der Waals surface area contributed by atoms with E-state index in [4.69, 9.17) is 11.6 Å². The van der Waals surface area contributed by atoms with Gasteiger partial charge in [-0.2, -0.15) is 0 Å². The Bertz CT molecular complexity index is 734. The summed E-state index contributed by atoms with van der Waals surface area (Å²) in [7, 11) is 0. The van der Waals surface area contributed by atoms with Gasteiger partial charge < -0.3 is 4.90 Å². The molecule has 1 saturated heterocycles. The summed E-state index contributed by atoms with van der Waals surface area (Å²) >= 11 is 6.02. The van der Waals surface area contributed by atoms with Gasteiger partial charge in [0.1, 0.15) is 0 Å². The van der Waals surface area contributed by atoms with Gasteiger partial charge in [-0.05, 0) is 42.0 Å². The Hall–Kier alpha value is -1.84. The van der Waals surface area contributed by atoms with Crippen LogP contribution in [0.15, 0.2) is 54.6 Å². The molecule has 1 aliphatic carbocycles. The van der Waals surface area contributed by atoms with Gasteiger partial charge in [0, 0.05) is 37.7 Å². The molecule has 1 heterocycles. The minimum atomic E-state index is 0.00735. The molecule has 1 atom stereocenters. The number of benzene rings is 2. The third-order valence-corrected chi connectivity index (χ3v) is 5.77. The number of carbonyl (C=O) groups is 1. The van der Waals surface area contributed by atoms with Crippen LogP contribution in [0, 0.1) is 5.92 Å². The summed E-state index contributed by atoms with van der Waals surface area (Å²) in [4.78, 5) is 17.7. The summed E-state index contributed by atoms with van der Waals surface area (Å²) in [6.45, 7) is 4.49. The molecule has 136 valence electrons. The van der Waals surface area contributed by atoms with E-state index in [0.717, 1.165) is 56.2 Å². The molecule has 0 spiro atoms. The Morgan fingerprint density at radius 1 is 0.962 bits per heavy atom. The van der Waals surface area contributed by atoms with Crippen molar-refractivity contribution in [1.82, 2.24) is 9.80 Å². The molecule has 2 aromatic carbocycles. The molecular formula is C22H25ClN2O. The molecule has 3 nitrogen and oxygen atoms in total. The molecule has 0 N–H and O–H groups in total. The average Bonchev–Trinajstić information content (AvgIpc) is 3.50. The third-order valence-electron chi connectivity index (χ3n) is 5.52. The van der Waals surface area contributed by atoms with Crippen LogP contribution in [0.2, 0.25) is 5.02 Å². The lowest BCUT2D eigenvalue weighted by atomic mass is 9.92. The average molecular weight is 369 g/mol. The van der Waals surface area contributed by atoms with Crippen molar-refractivity contribution in [2.45, 2.75) is 25.3 Å². The van der Waals surface area contributed by atoms with E-state index in [2.05, 4.69) is 40.1 Å². The van der Waals surface area contributed by atoms with Crippen molar-refractivity contribution in [1.29, 1.82) is 0 Å². The molecule has 4 rings (SSSR count). The smallest absolute Gasteiger partial charge is 0.230 e. The number of piperazine rings is 1. The van der Waals surface area contributed by atoms with Crippen LogP contribution in [0.25, 0.3) is 0 Å². The number of hydrogen-bond donors (Lipinski definition) is 0. The first-order valence-electron chi connectivity index (χ1n) is 9.51. The highest BCUT2D eigenvalue weighted by molar-refractivity contribution is 6.30. The van der Waals surface area contributed by atoms with Gasteiger partial charge in [0.15, 0.2) is 0 Å². The zero-order valence-electron chi connectivity index (χ0n) is 15.0. The maximum absolute atomic E-state index is 13.2. The predicted molar refractivity (Wildman–Crippen MR) is 105 cm³/mol. The van der Waals surface area contributed by atoms with Crippen LogP contribution in [-0.2, 0) is 11.3 Å². The predicted octanol–water partition coefficient (Wildman–Crippen LogP) is 4.18. The van der Waals surface area contributed by atoms with Crippen molar-refractivity contribution >= 4 is 17.5 Å². The lowest BCUT2D eigenvalue weighted by Gasteiger charge is -2.36. The molecule has 0 radical (unpaired) electrons. The van der Waals surface area contributed by atoms with E-state index in [1.165, 1.54) is 5.56 Å². The molecule has 2 aliphatic rings. The van der Waals surface area contributed by atoms with Crippen LogP contribution in [0.3, 0.4) is 0 Å². The summed E-state index contributed by atoms with van der Waals surface area (Å²) in [5, 5.41) is 0.727. The number of rotatable bonds is 5. The maximum Gasteiger partial charge on any atom is 0.230 e. The van der Waals surface area contributed by atoms with Gasteiger partial charge in [0.25, 0.3) is 0 Å². The number of halogens is 1. The van der Waals surface area contributed by atoms with Crippen molar-refractivity contribution in [3.8, 4) is 0 Å². The van der Waals surface area contributed by atoms with Crippen molar-refractivity contribution < 1.29 is 4.79 Å². The number of carbonyl (C=O) groups excluding carboxylic acids is 1. The summed E-state index contributed by atoms with van der Waals surface area (Å²) < 4.78 is 0. The topological polar surface area (TPSA) is 23.6 Å². The molecule has 2 fully saturated rings. The Kier molecular flexibility index (Phi) is 5.28. The van der Waals surface area contributed by atoms with Gasteiger partial charge in [0.05, 0.1) is 5.92 Å². The first kappa shape index (κ1) is 17.6.